The molecule has 0 saturated heterocycles. The van der Waals surface area contributed by atoms with Crippen LogP contribution >= 0.6 is 0 Å². The molecule has 3 heteroatoms. The first kappa shape index (κ1) is 7.96. The lowest BCUT2D eigenvalue weighted by atomic mass is 10.2. The van der Waals surface area contributed by atoms with Gasteiger partial charge in [0.1, 0.15) is 0 Å². The van der Waals surface area contributed by atoms with Crippen molar-refractivity contribution in [3.05, 3.63) is 0 Å². The average Bonchev–Trinajstić information content (AvgIpc) is 1.84. The lowest BCUT2D eigenvalue weighted by Gasteiger charge is -2.08. The van der Waals surface area contributed by atoms with Gasteiger partial charge in [-0.05, 0) is 0 Å². The minimum absolute atomic E-state index is 0.0883. The molecule has 9 heavy (non-hydrogen) atoms. The van der Waals surface area contributed by atoms with Gasteiger partial charge in [-0.1, -0.05) is 13.8 Å². The first-order valence-electron chi connectivity index (χ1n) is 2.77. The number of carbonyl (C=O) groups is 1. The third kappa shape index (κ3) is 2.13. The maximum Gasteiger partial charge on any atom is 0.237 e. The summed E-state index contributed by atoms with van der Waals surface area (Å²) in [5.41, 5.74) is 0. The fourth-order valence-electron chi connectivity index (χ4n) is 0.437. The molecule has 0 heterocycles. The third-order valence-corrected chi connectivity index (χ3v) is 0.974. The maximum absolute atomic E-state index is 10.8. The van der Waals surface area contributed by atoms with Crippen molar-refractivity contribution < 1.29 is 4.79 Å². The van der Waals surface area contributed by atoms with E-state index in [1.165, 1.54) is 7.05 Å². The molecular formula is C6H10N2O. The summed E-state index contributed by atoms with van der Waals surface area (Å²) in [6.45, 7) is 3.52. The molecule has 0 saturated carbocycles. The number of hydrogen-bond acceptors (Lipinski definition) is 2. The summed E-state index contributed by atoms with van der Waals surface area (Å²) in [6, 6.07) is 0. The van der Waals surface area contributed by atoms with Gasteiger partial charge < -0.3 is 0 Å². The van der Waals surface area contributed by atoms with Crippen LogP contribution in [0.25, 0.3) is 0 Å². The first-order valence-corrected chi connectivity index (χ1v) is 2.77. The normalized spacial score (nSPS) is 8.78. The summed E-state index contributed by atoms with van der Waals surface area (Å²) in [6.07, 6.45) is 1.73. The lowest BCUT2D eigenvalue weighted by molar-refractivity contribution is -0.130. The zero-order valence-electron chi connectivity index (χ0n) is 5.88. The maximum atomic E-state index is 10.8. The van der Waals surface area contributed by atoms with Crippen molar-refractivity contribution in [3.8, 4) is 6.19 Å². The molecule has 0 unspecified atom stereocenters. The second kappa shape index (κ2) is 3.08. The quantitative estimate of drug-likeness (QED) is 0.381. The molecule has 0 N–H and O–H groups in total. The van der Waals surface area contributed by atoms with Crippen LogP contribution in [0.5, 0.6) is 0 Å². The smallest absolute Gasteiger partial charge is 0.237 e. The highest BCUT2D eigenvalue weighted by Crippen LogP contribution is 1.95. The molecule has 0 aliphatic heterocycles. The highest BCUT2D eigenvalue weighted by molar-refractivity contribution is 5.79. The minimum atomic E-state index is -0.141. The van der Waals surface area contributed by atoms with E-state index >= 15 is 0 Å². The number of nitriles is 1. The van der Waals surface area contributed by atoms with Gasteiger partial charge in [-0.3, -0.25) is 9.69 Å². The molecular weight excluding hydrogens is 116 g/mol. The molecule has 0 atom stereocenters. The van der Waals surface area contributed by atoms with Gasteiger partial charge in [0.05, 0.1) is 0 Å². The SMILES string of the molecule is CC(C)C(=O)N(C)C#N. The van der Waals surface area contributed by atoms with Crippen LogP contribution in [0.1, 0.15) is 13.8 Å². The van der Waals surface area contributed by atoms with Crippen LogP contribution in [-0.4, -0.2) is 17.9 Å². The molecule has 1 amide bonds. The Balaban J connectivity index is 3.92. The number of nitrogens with zero attached hydrogens (tertiary/aromatic N) is 2. The van der Waals surface area contributed by atoms with Gasteiger partial charge in [-0.2, -0.15) is 5.26 Å². The predicted octanol–water partition coefficient (Wildman–Crippen LogP) is 0.582. The summed E-state index contributed by atoms with van der Waals surface area (Å²) >= 11 is 0. The van der Waals surface area contributed by atoms with E-state index in [-0.39, 0.29) is 11.8 Å². The van der Waals surface area contributed by atoms with E-state index in [1.807, 2.05) is 0 Å². The average molecular weight is 126 g/mol. The topological polar surface area (TPSA) is 44.1 Å². The Labute approximate surface area is 54.9 Å². The van der Waals surface area contributed by atoms with Crippen molar-refractivity contribution in [1.82, 2.24) is 4.90 Å². The minimum Gasteiger partial charge on any atom is -0.274 e. The number of carbonyl (C=O) groups excluding carboxylic acids is 1. The van der Waals surface area contributed by atoms with Crippen molar-refractivity contribution in [1.29, 1.82) is 5.26 Å². The highest BCUT2D eigenvalue weighted by atomic mass is 16.2. The van der Waals surface area contributed by atoms with E-state index in [4.69, 9.17) is 5.26 Å². The Hall–Kier alpha value is -1.04. The van der Waals surface area contributed by atoms with Gasteiger partial charge in [-0.25, -0.2) is 0 Å². The number of hydrogen-bond donors (Lipinski definition) is 0. The summed E-state index contributed by atoms with van der Waals surface area (Å²) in [7, 11) is 1.46. The Bertz CT molecular complexity index is 146. The van der Waals surface area contributed by atoms with Gasteiger partial charge in [0.2, 0.25) is 5.91 Å². The zero-order valence-corrected chi connectivity index (χ0v) is 5.88. The summed E-state index contributed by atoms with van der Waals surface area (Å²) in [5, 5.41) is 8.21. The van der Waals surface area contributed by atoms with E-state index in [2.05, 4.69) is 0 Å². The van der Waals surface area contributed by atoms with Gasteiger partial charge in [0.25, 0.3) is 0 Å². The molecule has 0 fully saturated rings. The Morgan fingerprint density at radius 3 is 2.22 bits per heavy atom. The van der Waals surface area contributed by atoms with E-state index in [0.717, 1.165) is 4.90 Å². The van der Waals surface area contributed by atoms with Crippen LogP contribution in [-0.2, 0) is 4.79 Å². The summed E-state index contributed by atoms with van der Waals surface area (Å²) < 4.78 is 0. The predicted molar refractivity (Wildman–Crippen MR) is 33.2 cm³/mol. The van der Waals surface area contributed by atoms with E-state index in [1.54, 1.807) is 20.0 Å². The van der Waals surface area contributed by atoms with Crippen LogP contribution in [0.15, 0.2) is 0 Å². The van der Waals surface area contributed by atoms with E-state index in [0.29, 0.717) is 0 Å². The van der Waals surface area contributed by atoms with E-state index < -0.39 is 0 Å². The molecule has 0 aliphatic carbocycles. The largest absolute Gasteiger partial charge is 0.274 e. The Morgan fingerprint density at radius 1 is 1.67 bits per heavy atom. The van der Waals surface area contributed by atoms with Crippen LogP contribution in [0.4, 0.5) is 0 Å². The Kier molecular flexibility index (Phi) is 2.72. The Morgan fingerprint density at radius 2 is 2.11 bits per heavy atom. The molecule has 0 aromatic rings. The second-order valence-electron chi connectivity index (χ2n) is 2.15. The fraction of sp³-hybridized carbons (Fsp3) is 0.667. The molecule has 0 aromatic heterocycles. The lowest BCUT2D eigenvalue weighted by Crippen LogP contribution is -2.25. The first-order chi connectivity index (χ1) is 4.09. The van der Waals surface area contributed by atoms with Crippen molar-refractivity contribution in [3.63, 3.8) is 0 Å². The third-order valence-electron chi connectivity index (χ3n) is 0.974. The van der Waals surface area contributed by atoms with Crippen molar-refractivity contribution >= 4 is 5.91 Å². The molecule has 0 aromatic carbocycles. The number of rotatable bonds is 1. The molecule has 0 radical (unpaired) electrons. The molecule has 3 nitrogen and oxygen atoms in total. The second-order valence-corrected chi connectivity index (χ2v) is 2.15. The van der Waals surface area contributed by atoms with Gasteiger partial charge in [0, 0.05) is 13.0 Å². The van der Waals surface area contributed by atoms with E-state index in [9.17, 15) is 4.79 Å². The molecule has 0 aliphatic rings. The summed E-state index contributed by atoms with van der Waals surface area (Å²) in [5.74, 6) is -0.229. The van der Waals surface area contributed by atoms with Gasteiger partial charge in [0.15, 0.2) is 6.19 Å². The van der Waals surface area contributed by atoms with Crippen molar-refractivity contribution in [2.45, 2.75) is 13.8 Å². The van der Waals surface area contributed by atoms with Gasteiger partial charge >= 0.3 is 0 Å². The highest BCUT2D eigenvalue weighted by Gasteiger charge is 2.10. The molecule has 0 rings (SSSR count). The molecule has 50 valence electrons. The monoisotopic (exact) mass is 126 g/mol. The van der Waals surface area contributed by atoms with Gasteiger partial charge in [-0.15, -0.1) is 0 Å². The molecule has 0 spiro atoms. The molecule has 0 bridgehead atoms. The van der Waals surface area contributed by atoms with Crippen LogP contribution < -0.4 is 0 Å². The zero-order chi connectivity index (χ0) is 7.44. The number of amides is 1. The standard InChI is InChI=1S/C6H10N2O/c1-5(2)6(9)8(3)4-7/h5H,1-3H3. The fourth-order valence-corrected chi connectivity index (χ4v) is 0.437. The van der Waals surface area contributed by atoms with Crippen LogP contribution in [0, 0.1) is 17.4 Å². The van der Waals surface area contributed by atoms with Crippen molar-refractivity contribution in [2.24, 2.45) is 5.92 Å². The van der Waals surface area contributed by atoms with Crippen molar-refractivity contribution in [2.75, 3.05) is 7.05 Å². The summed E-state index contributed by atoms with van der Waals surface area (Å²) in [4.78, 5) is 11.8. The van der Waals surface area contributed by atoms with Crippen LogP contribution in [0.2, 0.25) is 0 Å². The van der Waals surface area contributed by atoms with Crippen LogP contribution in [0.3, 0.4) is 0 Å².